The highest BCUT2D eigenvalue weighted by atomic mass is 16.2. The zero-order chi connectivity index (χ0) is 23.8. The molecule has 0 radical (unpaired) electrons. The maximum absolute atomic E-state index is 13.0. The molecule has 6 nitrogen and oxygen atoms in total. The highest BCUT2D eigenvalue weighted by Crippen LogP contribution is 2.30. The van der Waals surface area contributed by atoms with Crippen molar-refractivity contribution in [2.45, 2.75) is 32.9 Å². The van der Waals surface area contributed by atoms with Gasteiger partial charge >= 0.3 is 5.69 Å². The third kappa shape index (κ3) is 3.85. The molecule has 172 valence electrons. The first kappa shape index (κ1) is 21.9. The quantitative estimate of drug-likeness (QED) is 0.380. The standard InChI is InChI=1S/C28H28N4O2/c1-19(2)17-31-26-24(27(33)30(3)28(31)34)18-32(29-26)25(16-20-10-5-4-6-11-20)23-15-9-13-21-12-7-8-14-22(21)23/h4-15,18-19,25H,16-17H2,1-3H3. The summed E-state index contributed by atoms with van der Waals surface area (Å²) in [7, 11) is 1.53. The molecule has 0 aliphatic heterocycles. The van der Waals surface area contributed by atoms with E-state index in [-0.39, 0.29) is 23.2 Å². The second-order valence-electron chi connectivity index (χ2n) is 9.27. The summed E-state index contributed by atoms with van der Waals surface area (Å²) < 4.78 is 4.68. The lowest BCUT2D eigenvalue weighted by Crippen LogP contribution is -2.38. The molecule has 0 fully saturated rings. The Labute approximate surface area is 197 Å². The van der Waals surface area contributed by atoms with E-state index in [4.69, 9.17) is 5.10 Å². The highest BCUT2D eigenvalue weighted by Gasteiger charge is 2.22. The summed E-state index contributed by atoms with van der Waals surface area (Å²) in [5.41, 5.74) is 2.10. The number of hydrogen-bond donors (Lipinski definition) is 0. The Morgan fingerprint density at radius 2 is 1.56 bits per heavy atom. The fourth-order valence-electron chi connectivity index (χ4n) is 4.69. The number of hydrogen-bond acceptors (Lipinski definition) is 3. The Kier molecular flexibility index (Phi) is 5.65. The summed E-state index contributed by atoms with van der Waals surface area (Å²) in [5.74, 6) is 0.238. The molecule has 0 bridgehead atoms. The lowest BCUT2D eigenvalue weighted by Gasteiger charge is -2.20. The molecule has 0 N–H and O–H groups in total. The molecular weight excluding hydrogens is 424 g/mol. The van der Waals surface area contributed by atoms with Crippen LogP contribution in [0.15, 0.2) is 88.6 Å². The van der Waals surface area contributed by atoms with Gasteiger partial charge in [-0.05, 0) is 34.2 Å². The van der Waals surface area contributed by atoms with E-state index in [0.29, 0.717) is 24.0 Å². The summed E-state index contributed by atoms with van der Waals surface area (Å²) >= 11 is 0. The molecule has 6 heteroatoms. The largest absolute Gasteiger partial charge is 0.332 e. The molecule has 5 rings (SSSR count). The maximum atomic E-state index is 13.0. The van der Waals surface area contributed by atoms with Gasteiger partial charge in [0.25, 0.3) is 5.56 Å². The third-order valence-electron chi connectivity index (χ3n) is 6.34. The van der Waals surface area contributed by atoms with Crippen molar-refractivity contribution in [1.82, 2.24) is 18.9 Å². The van der Waals surface area contributed by atoms with Gasteiger partial charge in [0.2, 0.25) is 0 Å². The van der Waals surface area contributed by atoms with E-state index < -0.39 is 0 Å². The van der Waals surface area contributed by atoms with Crippen molar-refractivity contribution in [3.63, 3.8) is 0 Å². The smallest absolute Gasteiger partial charge is 0.276 e. The molecule has 34 heavy (non-hydrogen) atoms. The molecule has 3 aromatic carbocycles. The summed E-state index contributed by atoms with van der Waals surface area (Å²) in [5, 5.41) is 7.64. The Morgan fingerprint density at radius 3 is 2.32 bits per heavy atom. The van der Waals surface area contributed by atoms with E-state index in [1.165, 1.54) is 17.2 Å². The molecule has 0 spiro atoms. The van der Waals surface area contributed by atoms with Crippen LogP contribution in [0, 0.1) is 5.92 Å². The van der Waals surface area contributed by atoms with Crippen LogP contribution < -0.4 is 11.2 Å². The minimum atomic E-state index is -0.332. The van der Waals surface area contributed by atoms with E-state index in [1.807, 2.05) is 41.2 Å². The van der Waals surface area contributed by atoms with Crippen LogP contribution in [-0.2, 0) is 20.0 Å². The number of fused-ring (bicyclic) bond motifs is 2. The average molecular weight is 453 g/mol. The van der Waals surface area contributed by atoms with Crippen molar-refractivity contribution in [3.8, 4) is 0 Å². The first-order valence-corrected chi connectivity index (χ1v) is 11.6. The predicted molar refractivity (Wildman–Crippen MR) is 136 cm³/mol. The fraction of sp³-hybridized carbons (Fsp3) is 0.250. The first-order valence-electron chi connectivity index (χ1n) is 11.6. The second-order valence-corrected chi connectivity index (χ2v) is 9.27. The summed E-state index contributed by atoms with van der Waals surface area (Å²) in [4.78, 5) is 26.0. The van der Waals surface area contributed by atoms with Crippen LogP contribution in [0.4, 0.5) is 0 Å². The van der Waals surface area contributed by atoms with Crippen LogP contribution in [0.25, 0.3) is 21.8 Å². The Bertz CT molecular complexity index is 1590. The summed E-state index contributed by atoms with van der Waals surface area (Å²) in [6, 6.07) is 24.7. The van der Waals surface area contributed by atoms with Crippen molar-refractivity contribution in [2.75, 3.05) is 0 Å². The van der Waals surface area contributed by atoms with E-state index in [0.717, 1.165) is 16.3 Å². The molecule has 0 aliphatic carbocycles. The highest BCUT2D eigenvalue weighted by molar-refractivity contribution is 5.86. The van der Waals surface area contributed by atoms with Gasteiger partial charge in [-0.2, -0.15) is 5.10 Å². The molecule has 2 aromatic heterocycles. The normalized spacial score (nSPS) is 12.6. The van der Waals surface area contributed by atoms with Gasteiger partial charge in [-0.1, -0.05) is 86.6 Å². The molecule has 1 atom stereocenters. The van der Waals surface area contributed by atoms with E-state index in [2.05, 4.69) is 56.3 Å². The van der Waals surface area contributed by atoms with Crippen LogP contribution in [0.2, 0.25) is 0 Å². The third-order valence-corrected chi connectivity index (χ3v) is 6.34. The first-order chi connectivity index (χ1) is 16.4. The van der Waals surface area contributed by atoms with Gasteiger partial charge in [0.05, 0.1) is 6.04 Å². The minimum Gasteiger partial charge on any atom is -0.276 e. The number of nitrogens with zero attached hydrogens (tertiary/aromatic N) is 4. The molecule has 0 aliphatic rings. The van der Waals surface area contributed by atoms with Crippen molar-refractivity contribution in [2.24, 2.45) is 13.0 Å². The van der Waals surface area contributed by atoms with Gasteiger partial charge in [0.1, 0.15) is 5.39 Å². The monoisotopic (exact) mass is 452 g/mol. The maximum Gasteiger partial charge on any atom is 0.332 e. The summed E-state index contributed by atoms with van der Waals surface area (Å²) in [6.45, 7) is 4.60. The van der Waals surface area contributed by atoms with Gasteiger partial charge in [0, 0.05) is 19.8 Å². The number of rotatable bonds is 6. The SMILES string of the molecule is CC(C)Cn1c(=O)n(C)c(=O)c2cn(C(Cc3ccccc3)c3cccc4ccccc34)nc21. The van der Waals surface area contributed by atoms with Gasteiger partial charge in [-0.15, -0.1) is 0 Å². The van der Waals surface area contributed by atoms with Crippen LogP contribution in [0.5, 0.6) is 0 Å². The van der Waals surface area contributed by atoms with Crippen molar-refractivity contribution < 1.29 is 0 Å². The van der Waals surface area contributed by atoms with Gasteiger partial charge < -0.3 is 0 Å². The predicted octanol–water partition coefficient (Wildman–Crippen LogP) is 4.54. The average Bonchev–Trinajstić information content (AvgIpc) is 3.29. The van der Waals surface area contributed by atoms with Crippen LogP contribution in [0.1, 0.15) is 31.0 Å². The second kappa shape index (κ2) is 8.78. The topological polar surface area (TPSA) is 61.8 Å². The molecule has 2 heterocycles. The van der Waals surface area contributed by atoms with Gasteiger partial charge in [0.15, 0.2) is 5.65 Å². The van der Waals surface area contributed by atoms with Crippen molar-refractivity contribution in [3.05, 3.63) is 111 Å². The lowest BCUT2D eigenvalue weighted by molar-refractivity contribution is 0.490. The van der Waals surface area contributed by atoms with E-state index >= 15 is 0 Å². The molecular formula is C28H28N4O2. The number of aromatic nitrogens is 4. The Hall–Kier alpha value is -3.93. The van der Waals surface area contributed by atoms with E-state index in [9.17, 15) is 9.59 Å². The van der Waals surface area contributed by atoms with Crippen molar-refractivity contribution in [1.29, 1.82) is 0 Å². The summed E-state index contributed by atoms with van der Waals surface area (Å²) in [6.07, 6.45) is 2.51. The number of benzene rings is 3. The molecule has 0 amide bonds. The van der Waals surface area contributed by atoms with Crippen LogP contribution >= 0.6 is 0 Å². The fourth-order valence-corrected chi connectivity index (χ4v) is 4.69. The molecule has 0 saturated carbocycles. The van der Waals surface area contributed by atoms with Gasteiger partial charge in [-0.25, -0.2) is 4.79 Å². The van der Waals surface area contributed by atoms with Crippen LogP contribution in [-0.4, -0.2) is 18.9 Å². The van der Waals surface area contributed by atoms with Gasteiger partial charge in [-0.3, -0.25) is 18.6 Å². The van der Waals surface area contributed by atoms with Crippen molar-refractivity contribution >= 4 is 21.8 Å². The molecule has 1 unspecified atom stereocenters. The lowest BCUT2D eigenvalue weighted by atomic mass is 9.94. The zero-order valence-corrected chi connectivity index (χ0v) is 19.7. The Balaban J connectivity index is 1.76. The Morgan fingerprint density at radius 1 is 0.853 bits per heavy atom. The van der Waals surface area contributed by atoms with Crippen LogP contribution in [0.3, 0.4) is 0 Å². The minimum absolute atomic E-state index is 0.145. The molecule has 0 saturated heterocycles. The zero-order valence-electron chi connectivity index (χ0n) is 19.7. The van der Waals surface area contributed by atoms with E-state index in [1.54, 1.807) is 4.57 Å². The molecule has 5 aromatic rings.